The van der Waals surface area contributed by atoms with E-state index < -0.39 is 0 Å². The van der Waals surface area contributed by atoms with Crippen LogP contribution in [0.1, 0.15) is 50.7 Å². The van der Waals surface area contributed by atoms with Gasteiger partial charge >= 0.3 is 0 Å². The van der Waals surface area contributed by atoms with Crippen molar-refractivity contribution in [3.05, 3.63) is 46.3 Å². The number of rotatable bonds is 11. The van der Waals surface area contributed by atoms with Crippen molar-refractivity contribution < 1.29 is 9.32 Å². The van der Waals surface area contributed by atoms with Crippen molar-refractivity contribution in [3.63, 3.8) is 0 Å². The van der Waals surface area contributed by atoms with Gasteiger partial charge in [0.2, 0.25) is 11.8 Å². The molecule has 2 N–H and O–H groups in total. The molecule has 0 aliphatic carbocycles. The van der Waals surface area contributed by atoms with E-state index in [1.165, 1.54) is 11.8 Å². The summed E-state index contributed by atoms with van der Waals surface area (Å²) in [6.45, 7) is 2.59. The average Bonchev–Trinajstić information content (AvgIpc) is 3.15. The number of aryl methyl sites for hydroxylation is 1. The van der Waals surface area contributed by atoms with Crippen molar-refractivity contribution in [3.8, 4) is 0 Å². The van der Waals surface area contributed by atoms with Gasteiger partial charge in [-0.15, -0.1) is 0 Å². The molecule has 0 saturated carbocycles. The number of unbranched alkanes of at least 4 members (excludes halogenated alkanes) is 2. The predicted molar refractivity (Wildman–Crippen MR) is 112 cm³/mol. The molecule has 9 heteroatoms. The van der Waals surface area contributed by atoms with Crippen LogP contribution in [0.2, 0.25) is 0 Å². The number of carbonyl (C=O) groups is 1. The SMILES string of the molecule is CCCc1noc(CSc2nc3ccccc3c(=O)n2CCCCCC(N)=O)n1. The Morgan fingerprint density at radius 2 is 2.03 bits per heavy atom. The molecule has 0 unspecified atom stereocenters. The van der Waals surface area contributed by atoms with E-state index in [2.05, 4.69) is 22.0 Å². The second kappa shape index (κ2) is 10.2. The van der Waals surface area contributed by atoms with Crippen LogP contribution in [0.3, 0.4) is 0 Å². The minimum absolute atomic E-state index is 0.0646. The monoisotopic (exact) mass is 415 g/mol. The molecular formula is C20H25N5O3S. The van der Waals surface area contributed by atoms with Crippen LogP contribution < -0.4 is 11.3 Å². The second-order valence-corrected chi connectivity index (χ2v) is 7.73. The summed E-state index contributed by atoms with van der Waals surface area (Å²) in [7, 11) is 0. The molecule has 0 spiro atoms. The van der Waals surface area contributed by atoms with Crippen LogP contribution >= 0.6 is 11.8 Å². The molecule has 3 aromatic rings. The number of primary amides is 1. The highest BCUT2D eigenvalue weighted by Crippen LogP contribution is 2.22. The zero-order valence-corrected chi connectivity index (χ0v) is 17.3. The lowest BCUT2D eigenvalue weighted by molar-refractivity contribution is -0.118. The molecule has 0 radical (unpaired) electrons. The number of amides is 1. The standard InChI is InChI=1S/C20H25N5O3S/c1-2-8-17-23-18(28-24-17)13-29-20-22-15-10-6-5-9-14(15)19(27)25(20)12-7-3-4-11-16(21)26/h5-6,9-10H,2-4,7-8,11-13H2,1H3,(H2,21,26). The molecule has 29 heavy (non-hydrogen) atoms. The van der Waals surface area contributed by atoms with E-state index >= 15 is 0 Å². The van der Waals surface area contributed by atoms with Crippen LogP contribution in [0, 0.1) is 0 Å². The van der Waals surface area contributed by atoms with Crippen LogP contribution in [0.5, 0.6) is 0 Å². The van der Waals surface area contributed by atoms with Crippen molar-refractivity contribution in [2.24, 2.45) is 5.73 Å². The molecule has 3 rings (SSSR count). The van der Waals surface area contributed by atoms with Gasteiger partial charge in [0.05, 0.1) is 16.7 Å². The minimum Gasteiger partial charge on any atom is -0.370 e. The number of aromatic nitrogens is 4. The van der Waals surface area contributed by atoms with Crippen molar-refractivity contribution >= 4 is 28.6 Å². The summed E-state index contributed by atoms with van der Waals surface area (Å²) in [5, 5.41) is 5.18. The maximum Gasteiger partial charge on any atom is 0.262 e. The van der Waals surface area contributed by atoms with Gasteiger partial charge in [0.25, 0.3) is 5.56 Å². The van der Waals surface area contributed by atoms with Gasteiger partial charge in [0.1, 0.15) is 0 Å². The first-order chi connectivity index (χ1) is 14.1. The summed E-state index contributed by atoms with van der Waals surface area (Å²) >= 11 is 1.41. The maximum absolute atomic E-state index is 13.0. The van der Waals surface area contributed by atoms with Gasteiger partial charge in [-0.25, -0.2) is 4.98 Å². The highest BCUT2D eigenvalue weighted by Gasteiger charge is 2.14. The third kappa shape index (κ3) is 5.66. The van der Waals surface area contributed by atoms with Crippen molar-refractivity contribution in [1.82, 2.24) is 19.7 Å². The van der Waals surface area contributed by atoms with E-state index in [1.807, 2.05) is 18.2 Å². The van der Waals surface area contributed by atoms with Crippen LogP contribution in [-0.2, 0) is 23.5 Å². The lowest BCUT2D eigenvalue weighted by Gasteiger charge is -2.12. The first-order valence-electron chi connectivity index (χ1n) is 9.80. The number of benzene rings is 1. The molecule has 1 amide bonds. The topological polar surface area (TPSA) is 117 Å². The maximum atomic E-state index is 13.0. The zero-order valence-electron chi connectivity index (χ0n) is 16.5. The normalized spacial score (nSPS) is 11.2. The van der Waals surface area contributed by atoms with E-state index in [0.717, 1.165) is 32.1 Å². The molecule has 154 valence electrons. The lowest BCUT2D eigenvalue weighted by Crippen LogP contribution is -2.23. The highest BCUT2D eigenvalue weighted by atomic mass is 32.2. The van der Waals surface area contributed by atoms with Gasteiger partial charge in [-0.05, 0) is 31.4 Å². The van der Waals surface area contributed by atoms with E-state index in [-0.39, 0.29) is 11.5 Å². The van der Waals surface area contributed by atoms with Gasteiger partial charge in [-0.3, -0.25) is 14.2 Å². The summed E-state index contributed by atoms with van der Waals surface area (Å²) in [6, 6.07) is 7.33. The zero-order chi connectivity index (χ0) is 20.6. The van der Waals surface area contributed by atoms with Crippen LogP contribution in [0.25, 0.3) is 10.9 Å². The van der Waals surface area contributed by atoms with Crippen LogP contribution in [0.15, 0.2) is 38.7 Å². The molecule has 2 heterocycles. The number of hydrogen-bond donors (Lipinski definition) is 1. The van der Waals surface area contributed by atoms with E-state index in [4.69, 9.17) is 10.3 Å². The third-order valence-corrected chi connectivity index (χ3v) is 5.40. The Labute approximate surface area is 172 Å². The fourth-order valence-electron chi connectivity index (χ4n) is 3.00. The summed E-state index contributed by atoms with van der Waals surface area (Å²) in [6.07, 6.45) is 4.39. The molecule has 8 nitrogen and oxygen atoms in total. The third-order valence-electron chi connectivity index (χ3n) is 4.44. The summed E-state index contributed by atoms with van der Waals surface area (Å²) < 4.78 is 6.99. The van der Waals surface area contributed by atoms with Gasteiger partial charge in [-0.2, -0.15) is 4.98 Å². The number of carbonyl (C=O) groups excluding carboxylic acids is 1. The summed E-state index contributed by atoms with van der Waals surface area (Å²) in [4.78, 5) is 32.9. The quantitative estimate of drug-likeness (QED) is 0.290. The molecule has 0 atom stereocenters. The smallest absolute Gasteiger partial charge is 0.262 e. The Balaban J connectivity index is 1.77. The Morgan fingerprint density at radius 3 is 2.83 bits per heavy atom. The van der Waals surface area contributed by atoms with E-state index in [9.17, 15) is 9.59 Å². The van der Waals surface area contributed by atoms with Crippen molar-refractivity contribution in [1.29, 1.82) is 0 Å². The fourth-order valence-corrected chi connectivity index (χ4v) is 3.86. The fraction of sp³-hybridized carbons (Fsp3) is 0.450. The first-order valence-corrected chi connectivity index (χ1v) is 10.8. The molecule has 0 bridgehead atoms. The molecule has 0 aliphatic heterocycles. The number of fused-ring (bicyclic) bond motifs is 1. The number of nitrogens with two attached hydrogens (primary N) is 1. The second-order valence-electron chi connectivity index (χ2n) is 6.79. The van der Waals surface area contributed by atoms with Gasteiger partial charge in [0.15, 0.2) is 11.0 Å². The summed E-state index contributed by atoms with van der Waals surface area (Å²) in [5.74, 6) is 1.37. The molecule has 1 aromatic carbocycles. The predicted octanol–water partition coefficient (Wildman–Crippen LogP) is 3.07. The van der Waals surface area contributed by atoms with Crippen LogP contribution in [0.4, 0.5) is 0 Å². The molecular weight excluding hydrogens is 390 g/mol. The molecule has 2 aromatic heterocycles. The number of para-hydroxylation sites is 1. The van der Waals surface area contributed by atoms with Gasteiger partial charge in [0, 0.05) is 19.4 Å². The Kier molecular flexibility index (Phi) is 7.40. The Morgan fingerprint density at radius 1 is 1.21 bits per heavy atom. The molecule has 0 fully saturated rings. The largest absolute Gasteiger partial charge is 0.370 e. The molecule has 0 saturated heterocycles. The van der Waals surface area contributed by atoms with E-state index in [1.54, 1.807) is 10.6 Å². The van der Waals surface area contributed by atoms with Crippen LogP contribution in [-0.4, -0.2) is 25.6 Å². The van der Waals surface area contributed by atoms with Crippen molar-refractivity contribution in [2.45, 2.75) is 62.9 Å². The Bertz CT molecular complexity index is 1030. The average molecular weight is 416 g/mol. The highest BCUT2D eigenvalue weighted by molar-refractivity contribution is 7.98. The van der Waals surface area contributed by atoms with Gasteiger partial charge in [-0.1, -0.05) is 42.4 Å². The van der Waals surface area contributed by atoms with Crippen molar-refractivity contribution in [2.75, 3.05) is 0 Å². The van der Waals surface area contributed by atoms with E-state index in [0.29, 0.717) is 46.5 Å². The Hall–Kier alpha value is -2.68. The summed E-state index contributed by atoms with van der Waals surface area (Å²) in [5.41, 5.74) is 5.79. The molecule has 0 aliphatic rings. The van der Waals surface area contributed by atoms with Gasteiger partial charge < -0.3 is 10.3 Å². The minimum atomic E-state index is -0.298. The number of hydrogen-bond acceptors (Lipinski definition) is 7. The lowest BCUT2D eigenvalue weighted by atomic mass is 10.2. The number of thioether (sulfide) groups is 1. The first kappa shape index (κ1) is 21.0. The number of nitrogens with zero attached hydrogens (tertiary/aromatic N) is 4.